The smallest absolute Gasteiger partial charge is 0.296 e. The van der Waals surface area contributed by atoms with E-state index in [1.807, 2.05) is 26.0 Å². The number of halogens is 2. The Kier molecular flexibility index (Phi) is 4.61. The number of benzene rings is 2. The van der Waals surface area contributed by atoms with Gasteiger partial charge in [-0.2, -0.15) is 0 Å². The van der Waals surface area contributed by atoms with Crippen LogP contribution < -0.4 is 10.3 Å². The molecule has 4 aromatic rings. The maximum Gasteiger partial charge on any atom is 0.296 e. The predicted molar refractivity (Wildman–Crippen MR) is 121 cm³/mol. The number of hydrogen-bond acceptors (Lipinski definition) is 4. The van der Waals surface area contributed by atoms with Crippen molar-refractivity contribution in [1.82, 2.24) is 4.98 Å². The van der Waals surface area contributed by atoms with Gasteiger partial charge in [-0.3, -0.25) is 14.5 Å². The lowest BCUT2D eigenvalue weighted by molar-refractivity contribution is 0.0970. The summed E-state index contributed by atoms with van der Waals surface area (Å²) in [5.74, 6) is 0.0107. The van der Waals surface area contributed by atoms with Crippen LogP contribution in [0.3, 0.4) is 0 Å². The highest BCUT2D eigenvalue weighted by Crippen LogP contribution is 2.42. The monoisotopic (exact) mass is 450 g/mol. The Morgan fingerprint density at radius 2 is 1.71 bits per heavy atom. The van der Waals surface area contributed by atoms with Crippen LogP contribution in [0.5, 0.6) is 0 Å². The highest BCUT2D eigenvalue weighted by atomic mass is 35.5. The lowest BCUT2D eigenvalue weighted by atomic mass is 9.98. The second-order valence-corrected chi connectivity index (χ2v) is 8.43. The minimum atomic E-state index is -0.743. The molecule has 0 spiro atoms. The van der Waals surface area contributed by atoms with Crippen molar-refractivity contribution < 1.29 is 9.21 Å². The molecule has 0 saturated heterocycles. The minimum Gasteiger partial charge on any atom is -0.450 e. The second-order valence-electron chi connectivity index (χ2n) is 7.62. The van der Waals surface area contributed by atoms with Gasteiger partial charge < -0.3 is 4.42 Å². The molecule has 154 valence electrons. The van der Waals surface area contributed by atoms with Crippen LogP contribution in [0.25, 0.3) is 11.0 Å². The minimum absolute atomic E-state index is 0.0146. The molecule has 3 heterocycles. The number of nitrogens with zero attached hydrogens (tertiary/aromatic N) is 2. The van der Waals surface area contributed by atoms with Gasteiger partial charge in [-0.15, -0.1) is 0 Å². The molecule has 5 nitrogen and oxygen atoms in total. The van der Waals surface area contributed by atoms with Crippen molar-refractivity contribution in [2.45, 2.75) is 19.9 Å². The Morgan fingerprint density at radius 3 is 2.45 bits per heavy atom. The van der Waals surface area contributed by atoms with Crippen molar-refractivity contribution in [1.29, 1.82) is 0 Å². The number of rotatable bonds is 2. The first-order valence-electron chi connectivity index (χ1n) is 9.63. The summed E-state index contributed by atoms with van der Waals surface area (Å²) < 4.78 is 5.96. The fourth-order valence-corrected chi connectivity index (χ4v) is 4.28. The number of fused-ring (bicyclic) bond motifs is 2. The SMILES string of the molecule is Cc1ccnc(N2C(=O)c3oc4ccc(C)cc4c(=O)c3C2c2ccc(Cl)c(Cl)c2)c1. The number of carbonyl (C=O) groups is 1. The van der Waals surface area contributed by atoms with E-state index < -0.39 is 11.9 Å². The third-order valence-electron chi connectivity index (χ3n) is 5.43. The highest BCUT2D eigenvalue weighted by molar-refractivity contribution is 6.42. The van der Waals surface area contributed by atoms with Gasteiger partial charge in [0.1, 0.15) is 11.4 Å². The van der Waals surface area contributed by atoms with Crippen molar-refractivity contribution in [2.24, 2.45) is 0 Å². The third-order valence-corrected chi connectivity index (χ3v) is 6.17. The van der Waals surface area contributed by atoms with Crippen molar-refractivity contribution in [2.75, 3.05) is 4.90 Å². The van der Waals surface area contributed by atoms with Gasteiger partial charge in [0.15, 0.2) is 5.43 Å². The summed E-state index contributed by atoms with van der Waals surface area (Å²) in [6.07, 6.45) is 1.63. The molecule has 5 rings (SSSR count). The van der Waals surface area contributed by atoms with Crippen LogP contribution in [-0.2, 0) is 0 Å². The van der Waals surface area contributed by atoms with Crippen LogP contribution >= 0.6 is 23.2 Å². The number of carbonyl (C=O) groups excluding carboxylic acids is 1. The number of hydrogen-bond donors (Lipinski definition) is 0. The number of anilines is 1. The van der Waals surface area contributed by atoms with Crippen LogP contribution in [0.15, 0.2) is 63.9 Å². The Hall–Kier alpha value is -3.15. The van der Waals surface area contributed by atoms with Crippen LogP contribution in [-0.4, -0.2) is 10.9 Å². The van der Waals surface area contributed by atoms with E-state index in [-0.39, 0.29) is 16.8 Å². The van der Waals surface area contributed by atoms with Gasteiger partial charge in [0, 0.05) is 6.20 Å². The highest BCUT2D eigenvalue weighted by Gasteiger charge is 2.44. The van der Waals surface area contributed by atoms with Crippen molar-refractivity contribution in [3.8, 4) is 0 Å². The molecule has 0 fully saturated rings. The number of pyridine rings is 1. The van der Waals surface area contributed by atoms with Gasteiger partial charge in [-0.1, -0.05) is 40.9 Å². The average molecular weight is 451 g/mol. The predicted octanol–water partition coefficient (Wildman–Crippen LogP) is 5.86. The topological polar surface area (TPSA) is 63.4 Å². The van der Waals surface area contributed by atoms with E-state index in [0.29, 0.717) is 32.4 Å². The maximum absolute atomic E-state index is 13.6. The van der Waals surface area contributed by atoms with Crippen LogP contribution in [0, 0.1) is 13.8 Å². The van der Waals surface area contributed by atoms with Crippen LogP contribution in [0.2, 0.25) is 10.0 Å². The summed E-state index contributed by atoms with van der Waals surface area (Å²) in [6.45, 7) is 3.81. The van der Waals surface area contributed by atoms with Gasteiger partial charge in [0.05, 0.1) is 27.0 Å². The van der Waals surface area contributed by atoms with Gasteiger partial charge >= 0.3 is 0 Å². The summed E-state index contributed by atoms with van der Waals surface area (Å²) in [6, 6.07) is 13.3. The summed E-state index contributed by atoms with van der Waals surface area (Å²) in [4.78, 5) is 32.9. The molecule has 7 heteroatoms. The molecule has 1 atom stereocenters. The zero-order valence-electron chi connectivity index (χ0n) is 16.6. The molecule has 1 aliphatic rings. The first-order chi connectivity index (χ1) is 14.8. The standard InChI is InChI=1S/C24H16Cl2N2O3/c1-12-3-6-18-15(9-12)22(29)20-21(14-4-5-16(25)17(26)11-14)28(24(30)23(20)31-18)19-10-13(2)7-8-27-19/h3-11,21H,1-2H3. The van der Waals surface area contributed by atoms with E-state index in [1.54, 1.807) is 42.6 Å². The van der Waals surface area contributed by atoms with Crippen LogP contribution in [0.4, 0.5) is 5.82 Å². The summed E-state index contributed by atoms with van der Waals surface area (Å²) in [5.41, 5.74) is 2.89. The number of aromatic nitrogens is 1. The van der Waals surface area contributed by atoms with E-state index >= 15 is 0 Å². The first-order valence-corrected chi connectivity index (χ1v) is 10.4. The van der Waals surface area contributed by atoms with Gasteiger partial charge in [0.2, 0.25) is 5.76 Å². The van der Waals surface area contributed by atoms with E-state index in [4.69, 9.17) is 27.6 Å². The molecule has 1 unspecified atom stereocenters. The Balaban J connectivity index is 1.84. The lowest BCUT2D eigenvalue weighted by Gasteiger charge is -2.24. The molecule has 0 saturated carbocycles. The zero-order chi connectivity index (χ0) is 21.9. The summed E-state index contributed by atoms with van der Waals surface area (Å²) >= 11 is 12.4. The molecule has 0 bridgehead atoms. The molecular weight excluding hydrogens is 435 g/mol. The van der Waals surface area contributed by atoms with Crippen molar-refractivity contribution in [3.63, 3.8) is 0 Å². The van der Waals surface area contributed by atoms with Gasteiger partial charge in [0.25, 0.3) is 5.91 Å². The molecule has 0 aliphatic carbocycles. The second kappa shape index (κ2) is 7.22. The quantitative estimate of drug-likeness (QED) is 0.383. The molecule has 1 amide bonds. The van der Waals surface area contributed by atoms with Crippen molar-refractivity contribution in [3.05, 3.63) is 103 Å². The summed E-state index contributed by atoms with van der Waals surface area (Å²) in [7, 11) is 0. The Labute approximate surface area is 187 Å². The van der Waals surface area contributed by atoms with Gasteiger partial charge in [-0.05, 0) is 61.4 Å². The lowest BCUT2D eigenvalue weighted by Crippen LogP contribution is -2.30. The molecular formula is C24H16Cl2N2O3. The van der Waals surface area contributed by atoms with Crippen LogP contribution in [0.1, 0.15) is 38.9 Å². The number of amides is 1. The summed E-state index contributed by atoms with van der Waals surface area (Å²) in [5, 5.41) is 1.14. The van der Waals surface area contributed by atoms with E-state index in [9.17, 15) is 9.59 Å². The zero-order valence-corrected chi connectivity index (χ0v) is 18.2. The largest absolute Gasteiger partial charge is 0.450 e. The van der Waals surface area contributed by atoms with E-state index in [1.165, 1.54) is 4.90 Å². The molecule has 1 aliphatic heterocycles. The number of aryl methyl sites for hydroxylation is 2. The van der Waals surface area contributed by atoms with Crippen molar-refractivity contribution >= 4 is 45.9 Å². The molecule has 0 radical (unpaired) electrons. The molecule has 2 aromatic heterocycles. The Bertz CT molecular complexity index is 1440. The maximum atomic E-state index is 13.6. The van der Waals surface area contributed by atoms with Gasteiger partial charge in [-0.25, -0.2) is 4.98 Å². The van der Waals surface area contributed by atoms with E-state index in [0.717, 1.165) is 11.1 Å². The fourth-order valence-electron chi connectivity index (χ4n) is 3.97. The molecule has 0 N–H and O–H groups in total. The fraction of sp³-hybridized carbons (Fsp3) is 0.125. The van der Waals surface area contributed by atoms with E-state index in [2.05, 4.69) is 4.98 Å². The average Bonchev–Trinajstić information content (AvgIpc) is 3.03. The normalized spacial score (nSPS) is 15.5. The Morgan fingerprint density at radius 1 is 0.935 bits per heavy atom. The molecule has 31 heavy (non-hydrogen) atoms. The molecule has 2 aromatic carbocycles. The third kappa shape index (κ3) is 3.12. The first kappa shape index (κ1) is 19.8.